The quantitative estimate of drug-likeness (QED) is 0.817. The van der Waals surface area contributed by atoms with Gasteiger partial charge in [-0.2, -0.15) is 0 Å². The van der Waals surface area contributed by atoms with Crippen molar-refractivity contribution < 1.29 is 14.3 Å². The van der Waals surface area contributed by atoms with E-state index in [1.807, 2.05) is 11.8 Å². The van der Waals surface area contributed by atoms with Crippen molar-refractivity contribution in [3.8, 4) is 0 Å². The summed E-state index contributed by atoms with van der Waals surface area (Å²) in [7, 11) is 0. The fourth-order valence-corrected chi connectivity index (χ4v) is 3.10. The van der Waals surface area contributed by atoms with Crippen LogP contribution in [0.5, 0.6) is 0 Å². The highest BCUT2D eigenvalue weighted by Crippen LogP contribution is 2.35. The first-order valence-electron chi connectivity index (χ1n) is 7.36. The summed E-state index contributed by atoms with van der Waals surface area (Å²) in [4.78, 5) is 26.3. The number of hydrogen-bond donors (Lipinski definition) is 1. The van der Waals surface area contributed by atoms with Crippen LogP contribution in [0.15, 0.2) is 0 Å². The van der Waals surface area contributed by atoms with Crippen LogP contribution >= 0.6 is 0 Å². The number of carbonyl (C=O) groups excluding carboxylic acids is 2. The summed E-state index contributed by atoms with van der Waals surface area (Å²) in [6, 6.07) is -0.320. The third kappa shape index (κ3) is 2.76. The van der Waals surface area contributed by atoms with E-state index in [9.17, 15) is 9.59 Å². The lowest BCUT2D eigenvalue weighted by atomic mass is 10.1. The molecule has 106 valence electrons. The molecule has 3 aliphatic rings. The van der Waals surface area contributed by atoms with Gasteiger partial charge in [-0.05, 0) is 38.5 Å². The highest BCUT2D eigenvalue weighted by molar-refractivity contribution is 5.91. The molecule has 0 spiro atoms. The van der Waals surface area contributed by atoms with E-state index in [-0.39, 0.29) is 30.0 Å². The first kappa shape index (κ1) is 12.9. The van der Waals surface area contributed by atoms with Crippen LogP contribution in [0.1, 0.15) is 39.0 Å². The van der Waals surface area contributed by atoms with Crippen molar-refractivity contribution in [1.82, 2.24) is 10.2 Å². The Balaban J connectivity index is 1.73. The first-order valence-corrected chi connectivity index (χ1v) is 7.36. The van der Waals surface area contributed by atoms with Crippen molar-refractivity contribution >= 4 is 11.8 Å². The highest BCUT2D eigenvalue weighted by atomic mass is 16.5. The molecule has 0 aromatic carbocycles. The zero-order valence-electron chi connectivity index (χ0n) is 11.4. The van der Waals surface area contributed by atoms with Gasteiger partial charge in [0.25, 0.3) is 0 Å². The van der Waals surface area contributed by atoms with Crippen molar-refractivity contribution in [2.75, 3.05) is 13.2 Å². The van der Waals surface area contributed by atoms with Crippen LogP contribution in [0.2, 0.25) is 0 Å². The van der Waals surface area contributed by atoms with Crippen LogP contribution in [-0.4, -0.2) is 48.1 Å². The summed E-state index contributed by atoms with van der Waals surface area (Å²) >= 11 is 0. The molecule has 2 heterocycles. The lowest BCUT2D eigenvalue weighted by Crippen LogP contribution is -2.49. The molecule has 3 rings (SSSR count). The van der Waals surface area contributed by atoms with Gasteiger partial charge >= 0.3 is 0 Å². The molecule has 1 saturated carbocycles. The maximum Gasteiger partial charge on any atom is 0.245 e. The Morgan fingerprint density at radius 2 is 2.11 bits per heavy atom. The molecular weight excluding hydrogens is 244 g/mol. The topological polar surface area (TPSA) is 58.6 Å². The minimum absolute atomic E-state index is 0.00703. The highest BCUT2D eigenvalue weighted by Gasteiger charge is 2.43. The Kier molecular flexibility index (Phi) is 3.48. The molecule has 19 heavy (non-hydrogen) atoms. The Labute approximate surface area is 113 Å². The number of rotatable bonds is 3. The average Bonchev–Trinajstić information content (AvgIpc) is 3.09. The number of carbonyl (C=O) groups is 2. The summed E-state index contributed by atoms with van der Waals surface area (Å²) in [6.45, 7) is 3.39. The van der Waals surface area contributed by atoms with E-state index in [4.69, 9.17) is 4.74 Å². The van der Waals surface area contributed by atoms with E-state index in [0.717, 1.165) is 32.3 Å². The van der Waals surface area contributed by atoms with Gasteiger partial charge in [0.05, 0.1) is 6.10 Å². The smallest absolute Gasteiger partial charge is 0.245 e. The van der Waals surface area contributed by atoms with E-state index < -0.39 is 0 Å². The van der Waals surface area contributed by atoms with Gasteiger partial charge in [-0.1, -0.05) is 0 Å². The van der Waals surface area contributed by atoms with Gasteiger partial charge in [0, 0.05) is 25.6 Å². The van der Waals surface area contributed by atoms with E-state index in [0.29, 0.717) is 18.9 Å². The average molecular weight is 266 g/mol. The largest absolute Gasteiger partial charge is 0.376 e. The predicted molar refractivity (Wildman–Crippen MR) is 69.4 cm³/mol. The Morgan fingerprint density at radius 3 is 2.74 bits per heavy atom. The summed E-state index contributed by atoms with van der Waals surface area (Å²) < 4.78 is 5.63. The van der Waals surface area contributed by atoms with Gasteiger partial charge in [-0.15, -0.1) is 0 Å². The van der Waals surface area contributed by atoms with E-state index in [1.165, 1.54) is 0 Å². The molecule has 0 radical (unpaired) electrons. The summed E-state index contributed by atoms with van der Waals surface area (Å²) in [6.07, 6.45) is 4.76. The molecule has 1 aliphatic carbocycles. The normalized spacial score (nSPS) is 36.3. The first-order chi connectivity index (χ1) is 9.15. The zero-order chi connectivity index (χ0) is 13.4. The molecule has 5 nitrogen and oxygen atoms in total. The molecule has 0 bridgehead atoms. The second kappa shape index (κ2) is 5.12. The minimum Gasteiger partial charge on any atom is -0.376 e. The minimum atomic E-state index is -0.293. The number of nitrogens with one attached hydrogen (secondary N) is 1. The van der Waals surface area contributed by atoms with Crippen molar-refractivity contribution in [1.29, 1.82) is 0 Å². The van der Waals surface area contributed by atoms with Crippen molar-refractivity contribution in [3.63, 3.8) is 0 Å². The molecule has 2 saturated heterocycles. The summed E-state index contributed by atoms with van der Waals surface area (Å²) in [5, 5.41) is 2.90. The Bertz CT molecular complexity index is 375. The summed E-state index contributed by atoms with van der Waals surface area (Å²) in [5.41, 5.74) is 0. The van der Waals surface area contributed by atoms with Crippen molar-refractivity contribution in [2.45, 2.75) is 57.2 Å². The van der Waals surface area contributed by atoms with E-state index >= 15 is 0 Å². The standard InChI is InChI=1S/C14H22N2O3/c1-9-7-12(17)15-13(10-4-5-10)14(18)16(9)8-11-3-2-6-19-11/h9-11,13H,2-8H2,1H3,(H,15,17). The lowest BCUT2D eigenvalue weighted by Gasteiger charge is -2.30. The molecule has 2 amide bonds. The fourth-order valence-electron chi connectivity index (χ4n) is 3.10. The van der Waals surface area contributed by atoms with Gasteiger partial charge in [0.15, 0.2) is 0 Å². The summed E-state index contributed by atoms with van der Waals surface area (Å²) in [5.74, 6) is 0.456. The van der Waals surface area contributed by atoms with Crippen LogP contribution in [0.25, 0.3) is 0 Å². The number of nitrogens with zero attached hydrogens (tertiary/aromatic N) is 1. The van der Waals surface area contributed by atoms with Crippen LogP contribution in [0, 0.1) is 5.92 Å². The van der Waals surface area contributed by atoms with Gasteiger partial charge in [-0.25, -0.2) is 0 Å². The maximum absolute atomic E-state index is 12.6. The number of ether oxygens (including phenoxy) is 1. The van der Waals surface area contributed by atoms with E-state index in [1.54, 1.807) is 0 Å². The van der Waals surface area contributed by atoms with Gasteiger partial charge in [0.1, 0.15) is 6.04 Å². The van der Waals surface area contributed by atoms with Crippen molar-refractivity contribution in [3.05, 3.63) is 0 Å². The van der Waals surface area contributed by atoms with Crippen LogP contribution in [-0.2, 0) is 14.3 Å². The molecule has 3 unspecified atom stereocenters. The maximum atomic E-state index is 12.6. The number of amides is 2. The lowest BCUT2D eigenvalue weighted by molar-refractivity contribution is -0.137. The fraction of sp³-hybridized carbons (Fsp3) is 0.857. The number of hydrogen-bond acceptors (Lipinski definition) is 3. The Morgan fingerprint density at radius 1 is 1.32 bits per heavy atom. The van der Waals surface area contributed by atoms with Gasteiger partial charge < -0.3 is 15.0 Å². The molecule has 3 atom stereocenters. The second-order valence-electron chi connectivity index (χ2n) is 6.06. The van der Waals surface area contributed by atoms with Gasteiger partial charge in [-0.3, -0.25) is 9.59 Å². The van der Waals surface area contributed by atoms with E-state index in [2.05, 4.69) is 5.32 Å². The second-order valence-corrected chi connectivity index (χ2v) is 6.06. The van der Waals surface area contributed by atoms with Crippen LogP contribution in [0.4, 0.5) is 0 Å². The third-order valence-corrected chi connectivity index (χ3v) is 4.40. The molecular formula is C14H22N2O3. The Hall–Kier alpha value is -1.10. The third-order valence-electron chi connectivity index (χ3n) is 4.40. The molecule has 0 aromatic rings. The molecule has 2 aliphatic heterocycles. The van der Waals surface area contributed by atoms with Crippen molar-refractivity contribution in [2.24, 2.45) is 5.92 Å². The predicted octanol–water partition coefficient (Wildman–Crippen LogP) is 0.681. The zero-order valence-corrected chi connectivity index (χ0v) is 11.4. The van der Waals surface area contributed by atoms with Crippen LogP contribution < -0.4 is 5.32 Å². The molecule has 3 fully saturated rings. The van der Waals surface area contributed by atoms with Crippen LogP contribution in [0.3, 0.4) is 0 Å². The molecule has 1 N–H and O–H groups in total. The van der Waals surface area contributed by atoms with Gasteiger partial charge in [0.2, 0.25) is 11.8 Å². The molecule has 5 heteroatoms. The monoisotopic (exact) mass is 266 g/mol. The molecule has 0 aromatic heterocycles. The SMILES string of the molecule is CC1CC(=O)NC(C2CC2)C(=O)N1CC1CCCO1.